The lowest BCUT2D eigenvalue weighted by molar-refractivity contribution is -0.123. The van der Waals surface area contributed by atoms with E-state index in [1.807, 2.05) is 6.92 Å². The lowest BCUT2D eigenvalue weighted by Crippen LogP contribution is -2.52. The molecule has 0 aromatic carbocycles. The molecule has 0 saturated heterocycles. The first kappa shape index (κ1) is 22.9. The Labute approximate surface area is 153 Å². The number of carbonyl (C=O) groups excluding carboxylic acids is 1. The molecular weight excluding hydrogens is 324 g/mol. The summed E-state index contributed by atoms with van der Waals surface area (Å²) in [7, 11) is 0. The van der Waals surface area contributed by atoms with Crippen LogP contribution in [-0.4, -0.2) is 27.8 Å². The molecule has 5 nitrogen and oxygen atoms in total. The Bertz CT molecular complexity index is 513. The van der Waals surface area contributed by atoms with E-state index in [1.165, 1.54) is 11.3 Å². The van der Waals surface area contributed by atoms with E-state index in [-0.39, 0.29) is 23.9 Å². The molecule has 1 amide bonds. The van der Waals surface area contributed by atoms with E-state index < -0.39 is 0 Å². The monoisotopic (exact) mass is 358 g/mol. The third kappa shape index (κ3) is 5.78. The van der Waals surface area contributed by atoms with Crippen molar-refractivity contribution in [3.05, 3.63) is 17.0 Å². The molecule has 1 rings (SSSR count). The molecule has 0 spiro atoms. The number of nitrogens with one attached hydrogen (secondary N) is 1. The summed E-state index contributed by atoms with van der Waals surface area (Å²) in [6.07, 6.45) is 2.93. The van der Waals surface area contributed by atoms with Gasteiger partial charge in [0, 0.05) is 25.2 Å². The van der Waals surface area contributed by atoms with Gasteiger partial charge in [-0.1, -0.05) is 27.7 Å². The number of aromatic nitrogens is 2. The number of nitrogens with zero attached hydrogens (tertiary/aromatic N) is 2. The number of nitrogens with two attached hydrogens (primary N) is 1. The maximum Gasteiger partial charge on any atom is 0.220 e. The minimum absolute atomic E-state index is 0. The predicted octanol–water partition coefficient (Wildman–Crippen LogP) is 3.14. The van der Waals surface area contributed by atoms with Gasteiger partial charge in [0.25, 0.3) is 0 Å². The number of rotatable bonds is 9. The zero-order valence-corrected chi connectivity index (χ0v) is 16.9. The predicted molar refractivity (Wildman–Crippen MR) is 103 cm³/mol. The van der Waals surface area contributed by atoms with Crippen LogP contribution in [0.25, 0.3) is 0 Å². The van der Waals surface area contributed by atoms with Crippen molar-refractivity contribution in [2.45, 2.75) is 79.3 Å². The molecule has 1 aromatic rings. The third-order valence-electron chi connectivity index (χ3n) is 4.82. The molecule has 0 radical (unpaired) electrons. The molecule has 6 heteroatoms. The fourth-order valence-corrected chi connectivity index (χ4v) is 2.98. The fourth-order valence-electron chi connectivity index (χ4n) is 2.98. The van der Waals surface area contributed by atoms with E-state index in [2.05, 4.69) is 49.7 Å². The van der Waals surface area contributed by atoms with Crippen LogP contribution in [0.1, 0.15) is 63.9 Å². The Hall–Kier alpha value is -1.07. The summed E-state index contributed by atoms with van der Waals surface area (Å²) in [5.74, 6) is 0.637. The van der Waals surface area contributed by atoms with Gasteiger partial charge in [0.15, 0.2) is 0 Å². The summed E-state index contributed by atoms with van der Waals surface area (Å²) >= 11 is 0. The van der Waals surface area contributed by atoms with Crippen molar-refractivity contribution in [1.29, 1.82) is 0 Å². The molecule has 0 aliphatic heterocycles. The van der Waals surface area contributed by atoms with Crippen LogP contribution in [0.3, 0.4) is 0 Å². The van der Waals surface area contributed by atoms with Crippen molar-refractivity contribution in [2.75, 3.05) is 6.54 Å². The Kier molecular flexibility index (Phi) is 9.59. The van der Waals surface area contributed by atoms with Crippen LogP contribution in [0, 0.1) is 19.8 Å². The van der Waals surface area contributed by atoms with Crippen LogP contribution in [0.2, 0.25) is 0 Å². The fraction of sp³-hybridized carbons (Fsp3) is 0.778. The lowest BCUT2D eigenvalue weighted by atomic mass is 9.92. The molecule has 0 saturated carbocycles. The topological polar surface area (TPSA) is 72.9 Å². The molecule has 1 heterocycles. The van der Waals surface area contributed by atoms with Gasteiger partial charge in [-0.25, -0.2) is 0 Å². The SMILES string of the molecule is CCC(CC)(CN)NC(=O)CCc1c(C)nn(CC(C)C)c1C.Cl. The zero-order valence-electron chi connectivity index (χ0n) is 16.1. The molecule has 0 bridgehead atoms. The van der Waals surface area contributed by atoms with E-state index in [4.69, 9.17) is 5.73 Å². The van der Waals surface area contributed by atoms with Gasteiger partial charge >= 0.3 is 0 Å². The largest absolute Gasteiger partial charge is 0.349 e. The molecule has 0 aliphatic carbocycles. The highest BCUT2D eigenvalue weighted by molar-refractivity contribution is 5.85. The van der Waals surface area contributed by atoms with Crippen molar-refractivity contribution in [3.8, 4) is 0 Å². The Morgan fingerprint density at radius 2 is 1.88 bits per heavy atom. The number of hydrogen-bond acceptors (Lipinski definition) is 3. The first-order valence-corrected chi connectivity index (χ1v) is 8.82. The second-order valence-electron chi connectivity index (χ2n) is 6.97. The van der Waals surface area contributed by atoms with Crippen LogP contribution in [0.15, 0.2) is 0 Å². The van der Waals surface area contributed by atoms with Gasteiger partial charge in [-0.3, -0.25) is 9.48 Å². The van der Waals surface area contributed by atoms with Crippen LogP contribution in [-0.2, 0) is 17.8 Å². The Morgan fingerprint density at radius 1 is 1.29 bits per heavy atom. The molecule has 0 atom stereocenters. The maximum absolute atomic E-state index is 12.3. The highest BCUT2D eigenvalue weighted by atomic mass is 35.5. The molecule has 0 fully saturated rings. The lowest BCUT2D eigenvalue weighted by Gasteiger charge is -2.31. The average Bonchev–Trinajstić information content (AvgIpc) is 2.76. The number of aryl methyl sites for hydroxylation is 1. The second kappa shape index (κ2) is 10.0. The average molecular weight is 359 g/mol. The number of hydrogen-bond donors (Lipinski definition) is 2. The van der Waals surface area contributed by atoms with Crippen LogP contribution in [0.4, 0.5) is 0 Å². The molecule has 24 heavy (non-hydrogen) atoms. The second-order valence-corrected chi connectivity index (χ2v) is 6.97. The van der Waals surface area contributed by atoms with E-state index in [0.29, 0.717) is 18.9 Å². The molecule has 1 aromatic heterocycles. The van der Waals surface area contributed by atoms with Crippen molar-refractivity contribution in [3.63, 3.8) is 0 Å². The molecule has 3 N–H and O–H groups in total. The van der Waals surface area contributed by atoms with E-state index in [9.17, 15) is 4.79 Å². The number of carbonyl (C=O) groups is 1. The number of amides is 1. The van der Waals surface area contributed by atoms with E-state index in [0.717, 1.165) is 31.5 Å². The molecule has 0 unspecified atom stereocenters. The number of halogens is 1. The Balaban J connectivity index is 0.00000529. The highest BCUT2D eigenvalue weighted by Gasteiger charge is 2.26. The van der Waals surface area contributed by atoms with Gasteiger partial charge in [0.1, 0.15) is 0 Å². The van der Waals surface area contributed by atoms with E-state index >= 15 is 0 Å². The summed E-state index contributed by atoms with van der Waals surface area (Å²) in [5, 5.41) is 7.75. The van der Waals surface area contributed by atoms with Crippen molar-refractivity contribution in [1.82, 2.24) is 15.1 Å². The minimum Gasteiger partial charge on any atom is -0.349 e. The quantitative estimate of drug-likeness (QED) is 0.712. The van der Waals surface area contributed by atoms with Crippen LogP contribution in [0.5, 0.6) is 0 Å². The van der Waals surface area contributed by atoms with Crippen LogP contribution >= 0.6 is 12.4 Å². The summed E-state index contributed by atoms with van der Waals surface area (Å²) in [6, 6.07) is 0. The van der Waals surface area contributed by atoms with Crippen molar-refractivity contribution >= 4 is 18.3 Å². The summed E-state index contributed by atoms with van der Waals surface area (Å²) in [6.45, 7) is 14.0. The maximum atomic E-state index is 12.3. The first-order valence-electron chi connectivity index (χ1n) is 8.82. The summed E-state index contributed by atoms with van der Waals surface area (Å²) in [4.78, 5) is 12.3. The van der Waals surface area contributed by atoms with Crippen LogP contribution < -0.4 is 11.1 Å². The smallest absolute Gasteiger partial charge is 0.220 e. The van der Waals surface area contributed by atoms with Gasteiger partial charge in [-0.05, 0) is 44.6 Å². The van der Waals surface area contributed by atoms with Gasteiger partial charge < -0.3 is 11.1 Å². The first-order chi connectivity index (χ1) is 10.8. The summed E-state index contributed by atoms with van der Waals surface area (Å²) in [5.41, 5.74) is 9.01. The van der Waals surface area contributed by atoms with Gasteiger partial charge in [-0.15, -0.1) is 12.4 Å². The molecule has 140 valence electrons. The third-order valence-corrected chi connectivity index (χ3v) is 4.82. The normalized spacial score (nSPS) is 11.5. The van der Waals surface area contributed by atoms with Crippen molar-refractivity contribution in [2.24, 2.45) is 11.7 Å². The minimum atomic E-state index is -0.261. The van der Waals surface area contributed by atoms with E-state index in [1.54, 1.807) is 0 Å². The Morgan fingerprint density at radius 3 is 2.33 bits per heavy atom. The highest BCUT2D eigenvalue weighted by Crippen LogP contribution is 2.18. The van der Waals surface area contributed by atoms with Gasteiger partial charge in [0.05, 0.1) is 11.2 Å². The zero-order chi connectivity index (χ0) is 17.6. The van der Waals surface area contributed by atoms with Gasteiger partial charge in [-0.2, -0.15) is 5.10 Å². The molecule has 0 aliphatic rings. The van der Waals surface area contributed by atoms with Gasteiger partial charge in [0.2, 0.25) is 5.91 Å². The molecular formula is C18H35ClN4O. The summed E-state index contributed by atoms with van der Waals surface area (Å²) < 4.78 is 2.06. The standard InChI is InChI=1S/C18H34N4O.ClH/c1-7-18(8-2,12-19)20-17(23)10-9-16-14(5)21-22(15(16)6)11-13(3)4;/h13H,7-12,19H2,1-6H3,(H,20,23);1H. The van der Waals surface area contributed by atoms with Crippen molar-refractivity contribution < 1.29 is 4.79 Å².